The van der Waals surface area contributed by atoms with E-state index < -0.39 is 11.9 Å². The minimum Gasteiger partial charge on any atom is -0.465 e. The van der Waals surface area contributed by atoms with E-state index >= 15 is 0 Å². The van der Waals surface area contributed by atoms with Crippen LogP contribution in [0.2, 0.25) is 0 Å². The summed E-state index contributed by atoms with van der Waals surface area (Å²) >= 11 is 0. The number of nitriles is 1. The molecule has 0 fully saturated rings. The predicted molar refractivity (Wildman–Crippen MR) is 106 cm³/mol. The lowest BCUT2D eigenvalue weighted by molar-refractivity contribution is -0.143. The Kier molecular flexibility index (Phi) is 6.12. The van der Waals surface area contributed by atoms with E-state index in [4.69, 9.17) is 9.72 Å². The number of aromatic nitrogens is 3. The lowest BCUT2D eigenvalue weighted by Gasteiger charge is -2.22. The van der Waals surface area contributed by atoms with E-state index in [0.717, 1.165) is 12.0 Å². The molecule has 1 aromatic carbocycles. The van der Waals surface area contributed by atoms with Gasteiger partial charge in [0.25, 0.3) is 0 Å². The minimum absolute atomic E-state index is 0.200. The Bertz CT molecular complexity index is 1000. The average molecular weight is 375 g/mol. The Balaban J connectivity index is 1.98. The van der Waals surface area contributed by atoms with E-state index in [1.54, 1.807) is 19.3 Å². The summed E-state index contributed by atoms with van der Waals surface area (Å²) in [7, 11) is 1.88. The Hall–Kier alpha value is -3.53. The molecule has 7 nitrogen and oxygen atoms in total. The average Bonchev–Trinajstić information content (AvgIpc) is 2.73. The molecule has 1 unspecified atom stereocenters. The monoisotopic (exact) mass is 375 g/mol. The van der Waals surface area contributed by atoms with E-state index in [9.17, 15) is 10.1 Å². The van der Waals surface area contributed by atoms with Gasteiger partial charge in [0.15, 0.2) is 11.7 Å². The van der Waals surface area contributed by atoms with Crippen LogP contribution in [0.25, 0.3) is 11.0 Å². The van der Waals surface area contributed by atoms with E-state index in [-0.39, 0.29) is 6.61 Å². The molecule has 142 valence electrons. The normalized spacial score (nSPS) is 11.6. The first-order valence-corrected chi connectivity index (χ1v) is 9.07. The van der Waals surface area contributed by atoms with E-state index in [2.05, 4.69) is 9.97 Å². The van der Waals surface area contributed by atoms with Crippen LogP contribution in [0.1, 0.15) is 24.1 Å². The molecule has 0 aliphatic carbocycles. The summed E-state index contributed by atoms with van der Waals surface area (Å²) in [6.07, 6.45) is 4.27. The Morgan fingerprint density at radius 2 is 1.86 bits per heavy atom. The number of anilines is 1. The van der Waals surface area contributed by atoms with Gasteiger partial charge in [-0.2, -0.15) is 5.26 Å². The van der Waals surface area contributed by atoms with Gasteiger partial charge in [-0.1, -0.05) is 12.1 Å². The zero-order valence-electron chi connectivity index (χ0n) is 15.9. The highest BCUT2D eigenvalue weighted by Gasteiger charge is 2.29. The quantitative estimate of drug-likeness (QED) is 0.586. The maximum Gasteiger partial charge on any atom is 0.329 e. The smallest absolute Gasteiger partial charge is 0.329 e. The fourth-order valence-electron chi connectivity index (χ4n) is 2.88. The zero-order chi connectivity index (χ0) is 19.9. The van der Waals surface area contributed by atoms with Crippen molar-refractivity contribution in [3.63, 3.8) is 0 Å². The van der Waals surface area contributed by atoms with Gasteiger partial charge in [0.05, 0.1) is 23.7 Å². The van der Waals surface area contributed by atoms with Crippen LogP contribution in [0.5, 0.6) is 0 Å². The predicted octanol–water partition coefficient (Wildman–Crippen LogP) is 2.87. The first kappa shape index (κ1) is 19.2. The molecule has 0 saturated heterocycles. The molecule has 0 N–H and O–H groups in total. The molecular formula is C21H21N5O2. The summed E-state index contributed by atoms with van der Waals surface area (Å²) in [6.45, 7) is 2.55. The molecule has 0 bridgehead atoms. The molecule has 28 heavy (non-hydrogen) atoms. The van der Waals surface area contributed by atoms with Crippen LogP contribution in [0.4, 0.5) is 5.82 Å². The largest absolute Gasteiger partial charge is 0.465 e. The Labute approximate surface area is 163 Å². The van der Waals surface area contributed by atoms with Gasteiger partial charge >= 0.3 is 5.97 Å². The molecule has 0 aliphatic heterocycles. The fraction of sp³-hybridized carbons (Fsp3) is 0.286. The van der Waals surface area contributed by atoms with Crippen molar-refractivity contribution in [2.24, 2.45) is 0 Å². The number of hydrogen-bond donors (Lipinski definition) is 0. The van der Waals surface area contributed by atoms with Crippen LogP contribution in [-0.2, 0) is 16.0 Å². The number of para-hydroxylation sites is 2. The maximum atomic E-state index is 12.3. The van der Waals surface area contributed by atoms with Crippen LogP contribution >= 0.6 is 0 Å². The molecule has 7 heteroatoms. The molecule has 0 aliphatic rings. The van der Waals surface area contributed by atoms with Gasteiger partial charge in [-0.25, -0.2) is 9.97 Å². The van der Waals surface area contributed by atoms with Gasteiger partial charge in [-0.15, -0.1) is 0 Å². The van der Waals surface area contributed by atoms with Crippen molar-refractivity contribution in [3.05, 3.63) is 60.0 Å². The first-order chi connectivity index (χ1) is 13.6. The Morgan fingerprint density at radius 1 is 1.18 bits per heavy atom. The molecule has 1 atom stereocenters. The number of nitrogens with zero attached hydrogens (tertiary/aromatic N) is 5. The zero-order valence-corrected chi connectivity index (χ0v) is 15.9. The van der Waals surface area contributed by atoms with E-state index in [1.165, 1.54) is 0 Å². The molecule has 0 radical (unpaired) electrons. The Morgan fingerprint density at radius 3 is 2.50 bits per heavy atom. The standard InChI is InChI=1S/C21H21N5O2/c1-3-28-21(27)16(14-22)19-20(25-18-7-5-4-6-17(18)24-19)26(2)13-10-15-8-11-23-12-9-15/h4-9,11-12,16H,3,10,13H2,1-2H3. The topological polar surface area (TPSA) is 92.0 Å². The van der Waals surface area contributed by atoms with Crippen molar-refractivity contribution in [1.29, 1.82) is 5.26 Å². The molecule has 0 spiro atoms. The first-order valence-electron chi connectivity index (χ1n) is 9.07. The summed E-state index contributed by atoms with van der Waals surface area (Å²) in [5.74, 6) is -1.24. The van der Waals surface area contributed by atoms with Crippen molar-refractivity contribution in [1.82, 2.24) is 15.0 Å². The van der Waals surface area contributed by atoms with Gasteiger partial charge in [0, 0.05) is 26.0 Å². The number of ether oxygens (including phenoxy) is 1. The second-order valence-corrected chi connectivity index (χ2v) is 6.26. The minimum atomic E-state index is -1.13. The number of esters is 1. The van der Waals surface area contributed by atoms with Crippen molar-refractivity contribution >= 4 is 22.8 Å². The number of hydrogen-bond acceptors (Lipinski definition) is 7. The van der Waals surface area contributed by atoms with Crippen LogP contribution in [0.3, 0.4) is 0 Å². The number of fused-ring (bicyclic) bond motifs is 1. The van der Waals surface area contributed by atoms with Crippen LogP contribution in [0.15, 0.2) is 48.8 Å². The highest BCUT2D eigenvalue weighted by molar-refractivity contribution is 5.85. The van der Waals surface area contributed by atoms with Gasteiger partial charge < -0.3 is 9.64 Å². The molecule has 2 aromatic heterocycles. The number of likely N-dealkylation sites (N-methyl/N-ethyl adjacent to an activating group) is 1. The highest BCUT2D eigenvalue weighted by Crippen LogP contribution is 2.27. The van der Waals surface area contributed by atoms with Crippen LogP contribution < -0.4 is 4.90 Å². The lowest BCUT2D eigenvalue weighted by atomic mass is 10.1. The third-order valence-corrected chi connectivity index (χ3v) is 4.35. The second kappa shape index (κ2) is 8.91. The van der Waals surface area contributed by atoms with Crippen molar-refractivity contribution in [2.45, 2.75) is 19.3 Å². The van der Waals surface area contributed by atoms with E-state index in [1.807, 2.05) is 54.4 Å². The fourth-order valence-corrected chi connectivity index (χ4v) is 2.88. The summed E-state index contributed by atoms with van der Waals surface area (Å²) < 4.78 is 5.07. The molecule has 3 rings (SSSR count). The summed E-state index contributed by atoms with van der Waals surface area (Å²) in [5.41, 5.74) is 2.79. The van der Waals surface area contributed by atoms with Crippen LogP contribution in [0, 0.1) is 11.3 Å². The number of rotatable bonds is 7. The van der Waals surface area contributed by atoms with Gasteiger partial charge in [0.2, 0.25) is 0 Å². The van der Waals surface area contributed by atoms with E-state index in [0.29, 0.717) is 29.1 Å². The molecule has 3 aromatic rings. The van der Waals surface area contributed by atoms with Crippen LogP contribution in [-0.4, -0.2) is 41.1 Å². The van der Waals surface area contributed by atoms with Crippen molar-refractivity contribution < 1.29 is 9.53 Å². The SMILES string of the molecule is CCOC(=O)C(C#N)c1nc2ccccc2nc1N(C)CCc1ccncc1. The molecule has 0 amide bonds. The van der Waals surface area contributed by atoms with Crippen molar-refractivity contribution in [2.75, 3.05) is 25.1 Å². The second-order valence-electron chi connectivity index (χ2n) is 6.26. The third kappa shape index (κ3) is 4.23. The molecule has 2 heterocycles. The number of carbonyl (C=O) groups is 1. The number of carbonyl (C=O) groups excluding carboxylic acids is 1. The lowest BCUT2D eigenvalue weighted by Crippen LogP contribution is -2.26. The summed E-state index contributed by atoms with van der Waals surface area (Å²) in [6, 6.07) is 13.3. The number of benzene rings is 1. The van der Waals surface area contributed by atoms with Gasteiger partial charge in [0.1, 0.15) is 5.69 Å². The van der Waals surface area contributed by atoms with Gasteiger partial charge in [-0.3, -0.25) is 9.78 Å². The third-order valence-electron chi connectivity index (χ3n) is 4.35. The summed E-state index contributed by atoms with van der Waals surface area (Å²) in [4.78, 5) is 27.5. The highest BCUT2D eigenvalue weighted by atomic mass is 16.5. The van der Waals surface area contributed by atoms with Gasteiger partial charge in [-0.05, 0) is 43.2 Å². The van der Waals surface area contributed by atoms with Crippen molar-refractivity contribution in [3.8, 4) is 6.07 Å². The summed E-state index contributed by atoms with van der Waals surface area (Å²) in [5, 5.41) is 9.62. The molecular weight excluding hydrogens is 354 g/mol. The number of pyridine rings is 1. The maximum absolute atomic E-state index is 12.3. The molecule has 0 saturated carbocycles.